The number of fused-ring (bicyclic) bond motifs is 1. The maximum Gasteiger partial charge on any atom is 0.148 e. The van der Waals surface area contributed by atoms with Gasteiger partial charge in [0.05, 0.1) is 6.20 Å². The molecule has 0 unspecified atom stereocenters. The van der Waals surface area contributed by atoms with E-state index in [0.717, 1.165) is 20.0 Å². The van der Waals surface area contributed by atoms with E-state index in [1.807, 2.05) is 12.1 Å². The van der Waals surface area contributed by atoms with Crippen molar-refractivity contribution in [2.24, 2.45) is 0 Å². The van der Waals surface area contributed by atoms with Crippen molar-refractivity contribution in [1.29, 1.82) is 0 Å². The highest BCUT2D eigenvalue weighted by atomic mass is 79.9. The van der Waals surface area contributed by atoms with Gasteiger partial charge in [-0.2, -0.15) is 0 Å². The van der Waals surface area contributed by atoms with Crippen LogP contribution in [0.3, 0.4) is 0 Å². The van der Waals surface area contributed by atoms with Gasteiger partial charge in [0.1, 0.15) is 16.2 Å². The third-order valence-electron chi connectivity index (χ3n) is 1.57. The van der Waals surface area contributed by atoms with Crippen molar-refractivity contribution >= 4 is 54.5 Å². The van der Waals surface area contributed by atoms with Crippen molar-refractivity contribution < 1.29 is 0 Å². The zero-order valence-corrected chi connectivity index (χ0v) is 10.2. The monoisotopic (exact) mass is 320 g/mol. The van der Waals surface area contributed by atoms with Crippen molar-refractivity contribution in [3.63, 3.8) is 0 Å². The van der Waals surface area contributed by atoms with Crippen LogP contribution in [0.15, 0.2) is 27.3 Å². The highest BCUT2D eigenvalue weighted by Gasteiger charge is 2.05. The molecule has 66 valence electrons. The predicted octanol–water partition coefficient (Wildman–Crippen LogP) is 3.81. The quantitative estimate of drug-likeness (QED) is 0.737. The van der Waals surface area contributed by atoms with E-state index in [-0.39, 0.29) is 0 Å². The first-order chi connectivity index (χ1) is 6.18. The first-order valence-electron chi connectivity index (χ1n) is 3.45. The average Bonchev–Trinajstić information content (AvgIpc) is 2.12. The van der Waals surface area contributed by atoms with E-state index in [2.05, 4.69) is 41.8 Å². The van der Waals surface area contributed by atoms with Gasteiger partial charge in [-0.15, -0.1) is 0 Å². The molecule has 0 aliphatic carbocycles. The van der Waals surface area contributed by atoms with E-state index < -0.39 is 0 Å². The lowest BCUT2D eigenvalue weighted by Crippen LogP contribution is -1.86. The van der Waals surface area contributed by atoms with Gasteiger partial charge in [-0.1, -0.05) is 11.6 Å². The number of nitrogens with zero attached hydrogens (tertiary/aromatic N) is 2. The van der Waals surface area contributed by atoms with Crippen LogP contribution >= 0.6 is 43.5 Å². The average molecular weight is 322 g/mol. The van der Waals surface area contributed by atoms with Gasteiger partial charge < -0.3 is 0 Å². The minimum absolute atomic E-state index is 0.395. The molecule has 0 saturated heterocycles. The maximum atomic E-state index is 5.73. The second kappa shape index (κ2) is 3.52. The fourth-order valence-corrected chi connectivity index (χ4v) is 1.98. The van der Waals surface area contributed by atoms with E-state index in [1.54, 1.807) is 0 Å². The standard InChI is InChI=1S/C8H3Br2ClN2/c9-4-1-2-5(10)8-7(4)12-3-6(11)13-8/h1-3H. The van der Waals surface area contributed by atoms with E-state index in [1.165, 1.54) is 6.20 Å². The molecule has 0 aliphatic heterocycles. The Morgan fingerprint density at radius 2 is 1.69 bits per heavy atom. The van der Waals surface area contributed by atoms with Crippen LogP contribution in [0.5, 0.6) is 0 Å². The van der Waals surface area contributed by atoms with Crippen LogP contribution in [0.25, 0.3) is 11.0 Å². The van der Waals surface area contributed by atoms with Crippen LogP contribution in [-0.4, -0.2) is 9.97 Å². The zero-order valence-electron chi connectivity index (χ0n) is 6.26. The van der Waals surface area contributed by atoms with Gasteiger partial charge in [0, 0.05) is 8.95 Å². The molecule has 0 fully saturated rings. The molecule has 2 nitrogen and oxygen atoms in total. The molecule has 1 aromatic heterocycles. The molecule has 1 aromatic carbocycles. The van der Waals surface area contributed by atoms with Crippen molar-refractivity contribution in [3.8, 4) is 0 Å². The summed E-state index contributed by atoms with van der Waals surface area (Å²) in [4.78, 5) is 8.33. The van der Waals surface area contributed by atoms with Crippen LogP contribution in [0.4, 0.5) is 0 Å². The van der Waals surface area contributed by atoms with Crippen molar-refractivity contribution in [1.82, 2.24) is 9.97 Å². The minimum Gasteiger partial charge on any atom is -0.250 e. The lowest BCUT2D eigenvalue weighted by atomic mass is 10.3. The van der Waals surface area contributed by atoms with Crippen LogP contribution in [0.2, 0.25) is 5.15 Å². The van der Waals surface area contributed by atoms with Crippen LogP contribution in [0.1, 0.15) is 0 Å². The van der Waals surface area contributed by atoms with Gasteiger partial charge in [0.15, 0.2) is 0 Å². The summed E-state index contributed by atoms with van der Waals surface area (Å²) in [6.45, 7) is 0. The molecule has 0 N–H and O–H groups in total. The molecule has 1 heterocycles. The molecule has 2 aromatic rings. The lowest BCUT2D eigenvalue weighted by molar-refractivity contribution is 1.28. The molecular formula is C8H3Br2ClN2. The normalized spacial score (nSPS) is 10.7. The molecule has 0 spiro atoms. The van der Waals surface area contributed by atoms with Gasteiger partial charge in [-0.3, -0.25) is 4.98 Å². The number of halogens is 3. The maximum absolute atomic E-state index is 5.73. The molecule has 2 rings (SSSR count). The molecule has 0 radical (unpaired) electrons. The fourth-order valence-electron chi connectivity index (χ4n) is 1.01. The summed E-state index contributed by atoms with van der Waals surface area (Å²) >= 11 is 12.5. The minimum atomic E-state index is 0.395. The third-order valence-corrected chi connectivity index (χ3v) is 3.03. The zero-order chi connectivity index (χ0) is 9.42. The van der Waals surface area contributed by atoms with Crippen LogP contribution in [0, 0.1) is 0 Å². The second-order valence-corrected chi connectivity index (χ2v) is 4.52. The van der Waals surface area contributed by atoms with E-state index >= 15 is 0 Å². The van der Waals surface area contributed by atoms with Gasteiger partial charge in [0.25, 0.3) is 0 Å². The summed E-state index contributed by atoms with van der Waals surface area (Å²) in [6.07, 6.45) is 1.53. The Morgan fingerprint density at radius 1 is 1.08 bits per heavy atom. The summed E-state index contributed by atoms with van der Waals surface area (Å²) in [5.74, 6) is 0. The van der Waals surface area contributed by atoms with Gasteiger partial charge in [-0.05, 0) is 44.0 Å². The number of benzene rings is 1. The van der Waals surface area contributed by atoms with Gasteiger partial charge in [-0.25, -0.2) is 4.98 Å². The summed E-state index contributed by atoms with van der Waals surface area (Å²) < 4.78 is 1.80. The molecular weight excluding hydrogens is 319 g/mol. The Kier molecular flexibility index (Phi) is 2.53. The molecule has 5 heteroatoms. The molecule has 0 bridgehead atoms. The highest BCUT2D eigenvalue weighted by Crippen LogP contribution is 2.27. The first kappa shape index (κ1) is 9.37. The largest absolute Gasteiger partial charge is 0.250 e. The summed E-state index contributed by atoms with van der Waals surface area (Å²) in [5.41, 5.74) is 1.57. The van der Waals surface area contributed by atoms with Gasteiger partial charge >= 0.3 is 0 Å². The van der Waals surface area contributed by atoms with E-state index in [0.29, 0.717) is 5.15 Å². The van der Waals surface area contributed by atoms with Crippen LogP contribution in [-0.2, 0) is 0 Å². The summed E-state index contributed by atoms with van der Waals surface area (Å²) in [6, 6.07) is 3.81. The lowest BCUT2D eigenvalue weighted by Gasteiger charge is -2.00. The van der Waals surface area contributed by atoms with E-state index in [4.69, 9.17) is 11.6 Å². The molecule has 0 aliphatic rings. The Bertz CT molecular complexity index is 473. The van der Waals surface area contributed by atoms with Crippen LogP contribution < -0.4 is 0 Å². The van der Waals surface area contributed by atoms with Gasteiger partial charge in [0.2, 0.25) is 0 Å². The SMILES string of the molecule is Clc1cnc2c(Br)ccc(Br)c2n1. The Labute approximate surface area is 96.6 Å². The number of rotatable bonds is 0. The predicted molar refractivity (Wildman–Crippen MR) is 59.9 cm³/mol. The Morgan fingerprint density at radius 3 is 2.38 bits per heavy atom. The highest BCUT2D eigenvalue weighted by molar-refractivity contribution is 9.11. The molecule has 0 atom stereocenters. The number of aromatic nitrogens is 2. The van der Waals surface area contributed by atoms with Crippen molar-refractivity contribution in [2.45, 2.75) is 0 Å². The van der Waals surface area contributed by atoms with Crippen molar-refractivity contribution in [3.05, 3.63) is 32.4 Å². The third kappa shape index (κ3) is 1.71. The smallest absolute Gasteiger partial charge is 0.148 e. The summed E-state index contributed by atoms with van der Waals surface area (Å²) in [5, 5.41) is 0.395. The Balaban J connectivity index is 2.92. The Hall–Kier alpha value is -0.190. The number of hydrogen-bond acceptors (Lipinski definition) is 2. The molecule has 0 amide bonds. The number of hydrogen-bond donors (Lipinski definition) is 0. The van der Waals surface area contributed by atoms with E-state index in [9.17, 15) is 0 Å². The molecule has 0 saturated carbocycles. The summed E-state index contributed by atoms with van der Waals surface area (Å²) in [7, 11) is 0. The first-order valence-corrected chi connectivity index (χ1v) is 5.41. The van der Waals surface area contributed by atoms with Crippen molar-refractivity contribution in [2.75, 3.05) is 0 Å². The molecule has 13 heavy (non-hydrogen) atoms. The fraction of sp³-hybridized carbons (Fsp3) is 0. The topological polar surface area (TPSA) is 25.8 Å². The second-order valence-electron chi connectivity index (χ2n) is 2.42.